The zero-order valence-electron chi connectivity index (χ0n) is 12.9. The molecule has 0 atom stereocenters. The molecule has 0 saturated carbocycles. The molecular formula is C11H18N4O5S2. The van der Waals surface area contributed by atoms with Gasteiger partial charge in [-0.25, -0.2) is 18.0 Å². The van der Waals surface area contributed by atoms with Gasteiger partial charge in [-0.1, -0.05) is 25.2 Å². The molecule has 22 heavy (non-hydrogen) atoms. The minimum absolute atomic E-state index is 0.0985. The molecular weight excluding hydrogens is 332 g/mol. The molecule has 0 spiro atoms. The minimum Gasteiger partial charge on any atom is -0.448 e. The molecule has 0 saturated heterocycles. The molecule has 0 fully saturated rings. The summed E-state index contributed by atoms with van der Waals surface area (Å²) >= 11 is 0.624. The van der Waals surface area contributed by atoms with Crippen LogP contribution in [0, 0.1) is 5.92 Å². The Balaban J connectivity index is 3.32. The van der Waals surface area contributed by atoms with Crippen molar-refractivity contribution in [2.75, 3.05) is 27.0 Å². The number of hydrogen-bond donors (Lipinski definition) is 0. The molecule has 0 aromatic carbocycles. The average Bonchev–Trinajstić information content (AvgIpc) is 2.79. The molecule has 0 aliphatic carbocycles. The summed E-state index contributed by atoms with van der Waals surface area (Å²) in [5.74, 6) is 0.0985. The number of ether oxygens (including phenoxy) is 1. The fraction of sp³-hybridized carbons (Fsp3) is 0.636. The molecule has 1 rings (SSSR count). The van der Waals surface area contributed by atoms with Crippen LogP contribution in [-0.4, -0.2) is 62.2 Å². The topological polar surface area (TPSA) is 111 Å². The zero-order valence-corrected chi connectivity index (χ0v) is 14.6. The number of aromatic nitrogens is 2. The van der Waals surface area contributed by atoms with Crippen molar-refractivity contribution < 1.29 is 22.7 Å². The standard InChI is InChI=1S/C11H18N4O5S2/c1-7(2)6-20-11(17)15-9(12-8(16)14(3)4)21-10(13-15)22(5,18)19/h7H,6H2,1-5H3. The highest BCUT2D eigenvalue weighted by molar-refractivity contribution is 7.92. The minimum atomic E-state index is -3.63. The molecule has 0 unspecified atom stereocenters. The highest BCUT2D eigenvalue weighted by Crippen LogP contribution is 2.08. The Labute approximate surface area is 132 Å². The van der Waals surface area contributed by atoms with Crippen molar-refractivity contribution in [3.05, 3.63) is 4.80 Å². The molecule has 0 aliphatic rings. The monoisotopic (exact) mass is 350 g/mol. The number of hydrogen-bond acceptors (Lipinski definition) is 7. The average molecular weight is 350 g/mol. The van der Waals surface area contributed by atoms with Gasteiger partial charge in [0.05, 0.1) is 6.61 Å². The molecule has 1 aromatic rings. The summed E-state index contributed by atoms with van der Waals surface area (Å²) in [6.07, 6.45) is 0.0674. The predicted molar refractivity (Wildman–Crippen MR) is 79.4 cm³/mol. The normalized spacial score (nSPS) is 12.5. The molecule has 0 radical (unpaired) electrons. The lowest BCUT2D eigenvalue weighted by Gasteiger charge is -2.06. The van der Waals surface area contributed by atoms with Gasteiger partial charge in [-0.05, 0) is 5.92 Å². The first-order valence-electron chi connectivity index (χ1n) is 6.25. The summed E-state index contributed by atoms with van der Waals surface area (Å²) in [7, 11) is -0.676. The van der Waals surface area contributed by atoms with Crippen molar-refractivity contribution >= 4 is 33.3 Å². The molecule has 0 N–H and O–H groups in total. The van der Waals surface area contributed by atoms with Gasteiger partial charge < -0.3 is 9.64 Å². The first kappa shape index (κ1) is 18.3. The summed E-state index contributed by atoms with van der Waals surface area (Å²) in [6, 6.07) is -0.644. The van der Waals surface area contributed by atoms with Gasteiger partial charge in [0.2, 0.25) is 19.0 Å². The Morgan fingerprint density at radius 3 is 2.45 bits per heavy atom. The molecule has 1 heterocycles. The maximum atomic E-state index is 12.0. The van der Waals surface area contributed by atoms with Gasteiger partial charge in [0.15, 0.2) is 0 Å². The van der Waals surface area contributed by atoms with Crippen molar-refractivity contribution in [1.82, 2.24) is 14.7 Å². The molecule has 9 nitrogen and oxygen atoms in total. The van der Waals surface area contributed by atoms with E-state index in [1.165, 1.54) is 19.0 Å². The summed E-state index contributed by atoms with van der Waals surface area (Å²) in [4.78, 5) is 28.3. The molecule has 11 heteroatoms. The van der Waals surface area contributed by atoms with Gasteiger partial charge in [-0.3, -0.25) is 0 Å². The van der Waals surface area contributed by atoms with E-state index in [2.05, 4.69) is 10.1 Å². The number of carbonyl (C=O) groups excluding carboxylic acids is 2. The van der Waals surface area contributed by atoms with E-state index >= 15 is 0 Å². The van der Waals surface area contributed by atoms with Crippen LogP contribution in [0.4, 0.5) is 9.59 Å². The largest absolute Gasteiger partial charge is 0.448 e. The lowest BCUT2D eigenvalue weighted by molar-refractivity contribution is 0.130. The Bertz CT molecular complexity index is 730. The van der Waals surface area contributed by atoms with E-state index in [1.807, 2.05) is 13.8 Å². The zero-order chi connectivity index (χ0) is 17.1. The number of nitrogens with zero attached hydrogens (tertiary/aromatic N) is 4. The van der Waals surface area contributed by atoms with Crippen LogP contribution < -0.4 is 4.80 Å². The van der Waals surface area contributed by atoms with Gasteiger partial charge in [-0.15, -0.1) is 9.78 Å². The summed E-state index contributed by atoms with van der Waals surface area (Å²) in [6.45, 7) is 3.84. The van der Waals surface area contributed by atoms with E-state index in [4.69, 9.17) is 4.74 Å². The van der Waals surface area contributed by atoms with E-state index < -0.39 is 22.0 Å². The second-order valence-electron chi connectivity index (χ2n) is 5.09. The van der Waals surface area contributed by atoms with Crippen LogP contribution in [0.3, 0.4) is 0 Å². The van der Waals surface area contributed by atoms with E-state index in [1.54, 1.807) is 0 Å². The number of sulfone groups is 1. The smallest absolute Gasteiger partial charge is 0.437 e. The molecule has 124 valence electrons. The quantitative estimate of drug-likeness (QED) is 0.788. The van der Waals surface area contributed by atoms with Crippen molar-refractivity contribution in [2.24, 2.45) is 10.9 Å². The lowest BCUT2D eigenvalue weighted by Crippen LogP contribution is -2.29. The van der Waals surface area contributed by atoms with E-state index in [-0.39, 0.29) is 21.7 Å². The van der Waals surface area contributed by atoms with Gasteiger partial charge in [0, 0.05) is 20.4 Å². The van der Waals surface area contributed by atoms with E-state index in [0.717, 1.165) is 6.26 Å². The maximum Gasteiger partial charge on any atom is 0.437 e. The van der Waals surface area contributed by atoms with E-state index in [0.29, 0.717) is 16.0 Å². The van der Waals surface area contributed by atoms with Gasteiger partial charge in [0.1, 0.15) is 0 Å². The number of rotatable bonds is 3. The van der Waals surface area contributed by atoms with Crippen molar-refractivity contribution in [2.45, 2.75) is 18.2 Å². The van der Waals surface area contributed by atoms with Crippen LogP contribution in [0.5, 0.6) is 0 Å². The molecule has 0 aliphatic heterocycles. The fourth-order valence-electron chi connectivity index (χ4n) is 1.09. The predicted octanol–water partition coefficient (Wildman–Crippen LogP) is 0.571. The first-order valence-corrected chi connectivity index (χ1v) is 8.96. The van der Waals surface area contributed by atoms with Crippen molar-refractivity contribution in [3.63, 3.8) is 0 Å². The Morgan fingerprint density at radius 2 is 2.00 bits per heavy atom. The maximum absolute atomic E-state index is 12.0. The highest BCUT2D eigenvalue weighted by atomic mass is 32.2. The molecule has 0 bridgehead atoms. The highest BCUT2D eigenvalue weighted by Gasteiger charge is 2.20. The fourth-order valence-corrected chi connectivity index (χ4v) is 2.75. The third kappa shape index (κ3) is 4.91. The first-order chi connectivity index (χ1) is 10.0. The van der Waals surface area contributed by atoms with Crippen LogP contribution in [0.25, 0.3) is 0 Å². The lowest BCUT2D eigenvalue weighted by atomic mass is 10.2. The van der Waals surface area contributed by atoms with E-state index in [9.17, 15) is 18.0 Å². The molecule has 2 amide bonds. The SMILES string of the molecule is CC(C)COC(=O)n1nc(S(C)(=O)=O)sc1=NC(=O)N(C)C. The summed E-state index contributed by atoms with van der Waals surface area (Å²) in [5, 5.41) is 3.68. The van der Waals surface area contributed by atoms with Crippen LogP contribution >= 0.6 is 11.3 Å². The number of amides is 2. The number of carbonyl (C=O) groups is 2. The second-order valence-corrected chi connectivity index (χ2v) is 8.24. The third-order valence-electron chi connectivity index (χ3n) is 2.15. The van der Waals surface area contributed by atoms with Crippen LogP contribution in [0.2, 0.25) is 0 Å². The van der Waals surface area contributed by atoms with Crippen LogP contribution in [0.1, 0.15) is 13.8 Å². The summed E-state index contributed by atoms with van der Waals surface area (Å²) in [5.41, 5.74) is 0. The molecule has 1 aromatic heterocycles. The van der Waals surface area contributed by atoms with Crippen molar-refractivity contribution in [1.29, 1.82) is 0 Å². The van der Waals surface area contributed by atoms with Gasteiger partial charge in [-0.2, -0.15) is 4.99 Å². The third-order valence-corrected chi connectivity index (χ3v) is 4.72. The summed E-state index contributed by atoms with van der Waals surface area (Å²) < 4.78 is 28.5. The van der Waals surface area contributed by atoms with Crippen LogP contribution in [0.15, 0.2) is 9.33 Å². The van der Waals surface area contributed by atoms with Crippen LogP contribution in [-0.2, 0) is 14.6 Å². The number of urea groups is 1. The Morgan fingerprint density at radius 1 is 1.41 bits per heavy atom. The van der Waals surface area contributed by atoms with Gasteiger partial charge in [0.25, 0.3) is 0 Å². The second kappa shape index (κ2) is 7.01. The van der Waals surface area contributed by atoms with Gasteiger partial charge >= 0.3 is 12.1 Å². The van der Waals surface area contributed by atoms with Crippen molar-refractivity contribution in [3.8, 4) is 0 Å². The Kier molecular flexibility index (Phi) is 5.83. The Hall–Kier alpha value is -1.75.